The van der Waals surface area contributed by atoms with Crippen molar-refractivity contribution in [2.75, 3.05) is 44.2 Å². The predicted octanol–water partition coefficient (Wildman–Crippen LogP) is 2.67. The number of hydrogen-bond acceptors (Lipinski definition) is 4. The first-order chi connectivity index (χ1) is 10.9. The van der Waals surface area contributed by atoms with Gasteiger partial charge in [-0.3, -0.25) is 4.90 Å². The molecule has 1 fully saturated rings. The molecule has 0 atom stereocenters. The van der Waals surface area contributed by atoms with Gasteiger partial charge in [0.25, 0.3) is 0 Å². The number of rotatable bonds is 6. The number of anilines is 1. The van der Waals surface area contributed by atoms with Crippen molar-refractivity contribution in [1.29, 1.82) is 0 Å². The van der Waals surface area contributed by atoms with Crippen LogP contribution in [0.4, 0.5) is 5.82 Å². The first-order valence-electron chi connectivity index (χ1n) is 7.98. The van der Waals surface area contributed by atoms with Gasteiger partial charge >= 0.3 is 0 Å². The summed E-state index contributed by atoms with van der Waals surface area (Å²) in [5.41, 5.74) is 0. The lowest BCUT2D eigenvalue weighted by atomic mass is 10.3. The monoisotopic (exact) mass is 297 g/mol. The standard InChI is InChI=1S/C18H23N3O/c1-2-7-17(8-3-1)22-16-6-11-20-12-14-21(15-13-20)18-9-4-5-10-19-18/h1-5,7-10H,6,11-16H2. The Balaban J connectivity index is 1.34. The molecule has 0 radical (unpaired) electrons. The van der Waals surface area contributed by atoms with Crippen molar-refractivity contribution in [2.45, 2.75) is 6.42 Å². The molecule has 0 spiro atoms. The van der Waals surface area contributed by atoms with Crippen molar-refractivity contribution >= 4 is 5.82 Å². The van der Waals surface area contributed by atoms with Crippen molar-refractivity contribution in [3.05, 3.63) is 54.7 Å². The van der Waals surface area contributed by atoms with Crippen LogP contribution in [-0.2, 0) is 0 Å². The minimum Gasteiger partial charge on any atom is -0.494 e. The van der Waals surface area contributed by atoms with E-state index in [2.05, 4.69) is 26.9 Å². The molecule has 0 bridgehead atoms. The zero-order valence-corrected chi connectivity index (χ0v) is 12.9. The summed E-state index contributed by atoms with van der Waals surface area (Å²) in [5.74, 6) is 2.05. The molecule has 22 heavy (non-hydrogen) atoms. The molecule has 1 aliphatic rings. The van der Waals surface area contributed by atoms with Crippen LogP contribution in [0.5, 0.6) is 5.75 Å². The summed E-state index contributed by atoms with van der Waals surface area (Å²) < 4.78 is 5.74. The van der Waals surface area contributed by atoms with Crippen LogP contribution in [-0.4, -0.2) is 49.2 Å². The van der Waals surface area contributed by atoms with E-state index in [1.165, 1.54) is 0 Å². The molecule has 2 heterocycles. The second-order valence-corrected chi connectivity index (χ2v) is 5.53. The lowest BCUT2D eigenvalue weighted by Crippen LogP contribution is -2.47. The second kappa shape index (κ2) is 7.80. The van der Waals surface area contributed by atoms with Gasteiger partial charge in [-0.25, -0.2) is 4.98 Å². The first kappa shape index (κ1) is 14.9. The summed E-state index contributed by atoms with van der Waals surface area (Å²) in [6.45, 7) is 6.18. The smallest absolute Gasteiger partial charge is 0.128 e. The highest BCUT2D eigenvalue weighted by Crippen LogP contribution is 2.13. The van der Waals surface area contributed by atoms with Crippen molar-refractivity contribution in [1.82, 2.24) is 9.88 Å². The molecular weight excluding hydrogens is 274 g/mol. The van der Waals surface area contributed by atoms with Crippen molar-refractivity contribution in [3.63, 3.8) is 0 Å². The summed E-state index contributed by atoms with van der Waals surface area (Å²) in [7, 11) is 0. The number of para-hydroxylation sites is 1. The van der Waals surface area contributed by atoms with Gasteiger partial charge in [0.2, 0.25) is 0 Å². The maximum atomic E-state index is 5.74. The van der Waals surface area contributed by atoms with E-state index in [4.69, 9.17) is 4.74 Å². The topological polar surface area (TPSA) is 28.6 Å². The van der Waals surface area contributed by atoms with Crippen LogP contribution in [0.25, 0.3) is 0 Å². The van der Waals surface area contributed by atoms with Gasteiger partial charge in [-0.15, -0.1) is 0 Å². The number of nitrogens with zero attached hydrogens (tertiary/aromatic N) is 3. The average Bonchev–Trinajstić information content (AvgIpc) is 2.61. The Hall–Kier alpha value is -2.07. The lowest BCUT2D eigenvalue weighted by Gasteiger charge is -2.35. The van der Waals surface area contributed by atoms with Gasteiger partial charge in [0.1, 0.15) is 11.6 Å². The molecule has 0 unspecified atom stereocenters. The zero-order valence-electron chi connectivity index (χ0n) is 12.9. The van der Waals surface area contributed by atoms with Gasteiger partial charge in [-0.2, -0.15) is 0 Å². The third-order valence-corrected chi connectivity index (χ3v) is 3.98. The van der Waals surface area contributed by atoms with E-state index in [-0.39, 0.29) is 0 Å². The van der Waals surface area contributed by atoms with Gasteiger partial charge in [-0.05, 0) is 30.7 Å². The first-order valence-corrected chi connectivity index (χ1v) is 7.98. The van der Waals surface area contributed by atoms with Crippen molar-refractivity contribution in [2.24, 2.45) is 0 Å². The van der Waals surface area contributed by atoms with Crippen LogP contribution >= 0.6 is 0 Å². The molecule has 4 heteroatoms. The minimum absolute atomic E-state index is 0.782. The molecule has 4 nitrogen and oxygen atoms in total. The Labute approximate surface area is 132 Å². The van der Waals surface area contributed by atoms with Gasteiger partial charge in [0, 0.05) is 38.9 Å². The van der Waals surface area contributed by atoms with E-state index < -0.39 is 0 Å². The van der Waals surface area contributed by atoms with E-state index in [9.17, 15) is 0 Å². The van der Waals surface area contributed by atoms with E-state index >= 15 is 0 Å². The highest BCUT2D eigenvalue weighted by atomic mass is 16.5. The van der Waals surface area contributed by atoms with Crippen LogP contribution in [0.15, 0.2) is 54.7 Å². The summed E-state index contributed by atoms with van der Waals surface area (Å²) >= 11 is 0. The third kappa shape index (κ3) is 4.21. The maximum Gasteiger partial charge on any atom is 0.128 e. The number of ether oxygens (including phenoxy) is 1. The number of benzene rings is 1. The summed E-state index contributed by atoms with van der Waals surface area (Å²) in [6.07, 6.45) is 2.93. The molecule has 0 saturated carbocycles. The molecule has 1 aliphatic heterocycles. The third-order valence-electron chi connectivity index (χ3n) is 3.98. The second-order valence-electron chi connectivity index (χ2n) is 5.53. The quantitative estimate of drug-likeness (QED) is 0.767. The van der Waals surface area contributed by atoms with Gasteiger partial charge < -0.3 is 9.64 Å². The highest BCUT2D eigenvalue weighted by Gasteiger charge is 2.17. The Morgan fingerprint density at radius 3 is 2.41 bits per heavy atom. The maximum absolute atomic E-state index is 5.74. The van der Waals surface area contributed by atoms with E-state index in [1.54, 1.807) is 0 Å². The highest BCUT2D eigenvalue weighted by molar-refractivity contribution is 5.38. The van der Waals surface area contributed by atoms with E-state index in [1.807, 2.05) is 42.6 Å². The number of pyridine rings is 1. The fourth-order valence-electron chi connectivity index (χ4n) is 2.74. The van der Waals surface area contributed by atoms with Crippen LogP contribution in [0, 0.1) is 0 Å². The zero-order chi connectivity index (χ0) is 15.0. The Bertz CT molecular complexity index is 539. The molecule has 1 aromatic carbocycles. The van der Waals surface area contributed by atoms with Crippen LogP contribution in [0.1, 0.15) is 6.42 Å². The molecule has 1 saturated heterocycles. The van der Waals surface area contributed by atoms with E-state index in [0.29, 0.717) is 0 Å². The normalized spacial score (nSPS) is 15.7. The molecule has 116 valence electrons. The average molecular weight is 297 g/mol. The molecule has 1 aromatic heterocycles. The van der Waals surface area contributed by atoms with Gasteiger partial charge in [0.05, 0.1) is 6.61 Å². The molecule has 2 aromatic rings. The molecule has 0 amide bonds. The Kier molecular flexibility index (Phi) is 5.27. The van der Waals surface area contributed by atoms with Gasteiger partial charge in [-0.1, -0.05) is 24.3 Å². The SMILES string of the molecule is c1ccc(OCCCN2CCN(c3ccccn3)CC2)cc1. The minimum atomic E-state index is 0.782. The largest absolute Gasteiger partial charge is 0.494 e. The Morgan fingerprint density at radius 1 is 0.909 bits per heavy atom. The van der Waals surface area contributed by atoms with Crippen LogP contribution in [0.3, 0.4) is 0 Å². The fraction of sp³-hybridized carbons (Fsp3) is 0.389. The molecule has 3 rings (SSSR count). The predicted molar refractivity (Wildman–Crippen MR) is 89.4 cm³/mol. The lowest BCUT2D eigenvalue weighted by molar-refractivity contribution is 0.224. The summed E-state index contributed by atoms with van der Waals surface area (Å²) in [4.78, 5) is 9.29. The molecular formula is C18H23N3O. The van der Waals surface area contributed by atoms with E-state index in [0.717, 1.165) is 57.3 Å². The fourth-order valence-corrected chi connectivity index (χ4v) is 2.74. The van der Waals surface area contributed by atoms with Crippen LogP contribution in [0.2, 0.25) is 0 Å². The molecule has 0 aliphatic carbocycles. The molecule has 0 N–H and O–H groups in total. The van der Waals surface area contributed by atoms with Crippen molar-refractivity contribution in [3.8, 4) is 5.75 Å². The number of aromatic nitrogens is 1. The van der Waals surface area contributed by atoms with Gasteiger partial charge in [0.15, 0.2) is 0 Å². The van der Waals surface area contributed by atoms with Crippen LogP contribution < -0.4 is 9.64 Å². The Morgan fingerprint density at radius 2 is 1.68 bits per heavy atom. The van der Waals surface area contributed by atoms with Crippen molar-refractivity contribution < 1.29 is 4.74 Å². The number of hydrogen-bond donors (Lipinski definition) is 0. The summed E-state index contributed by atoms with van der Waals surface area (Å²) in [6, 6.07) is 16.1. The summed E-state index contributed by atoms with van der Waals surface area (Å²) in [5, 5.41) is 0. The number of piperazine rings is 1.